The highest BCUT2D eigenvalue weighted by Crippen LogP contribution is 2.10. The van der Waals surface area contributed by atoms with Gasteiger partial charge in [0.1, 0.15) is 0 Å². The van der Waals surface area contributed by atoms with E-state index in [1.807, 2.05) is 20.8 Å². The van der Waals surface area contributed by atoms with Crippen molar-refractivity contribution in [2.75, 3.05) is 11.6 Å². The van der Waals surface area contributed by atoms with Gasteiger partial charge in [-0.15, -0.1) is 11.8 Å². The van der Waals surface area contributed by atoms with Crippen LogP contribution in [0, 0.1) is 0 Å². The maximum absolute atomic E-state index is 11.4. The molecule has 0 aromatic carbocycles. The van der Waals surface area contributed by atoms with Crippen LogP contribution in [0.3, 0.4) is 0 Å². The third kappa shape index (κ3) is 3.97. The van der Waals surface area contributed by atoms with Crippen LogP contribution in [0.2, 0.25) is 0 Å². The molecule has 2 N–H and O–H groups in total. The molecule has 0 aromatic heterocycles. The first kappa shape index (κ1) is 10.8. The van der Waals surface area contributed by atoms with Crippen molar-refractivity contribution >= 4 is 17.7 Å². The van der Waals surface area contributed by atoms with Crippen LogP contribution in [-0.2, 0) is 9.63 Å². The number of rotatable bonds is 2. The Hall–Kier alpha value is -0.260. The molecule has 1 atom stereocenters. The van der Waals surface area contributed by atoms with Gasteiger partial charge in [0.2, 0.25) is 0 Å². The lowest BCUT2D eigenvalue weighted by Crippen LogP contribution is -2.44. The van der Waals surface area contributed by atoms with E-state index in [0.717, 1.165) is 11.6 Å². The second-order valence-electron chi connectivity index (χ2n) is 3.95. The van der Waals surface area contributed by atoms with E-state index < -0.39 is 0 Å². The third-order valence-electron chi connectivity index (χ3n) is 1.49. The van der Waals surface area contributed by atoms with Gasteiger partial charge in [-0.05, 0) is 20.8 Å². The molecule has 76 valence electrons. The molecular weight excluding hydrogens is 188 g/mol. The lowest BCUT2D eigenvalue weighted by molar-refractivity contribution is -0.146. The Labute approximate surface area is 82.7 Å². The summed E-state index contributed by atoms with van der Waals surface area (Å²) in [5.41, 5.74) is 2.12. The molecule has 13 heavy (non-hydrogen) atoms. The summed E-state index contributed by atoms with van der Waals surface area (Å²) in [6.07, 6.45) is 0. The van der Waals surface area contributed by atoms with Gasteiger partial charge in [0, 0.05) is 11.6 Å². The largest absolute Gasteiger partial charge is 0.296 e. The summed E-state index contributed by atoms with van der Waals surface area (Å²) < 4.78 is 0. The van der Waals surface area contributed by atoms with Crippen LogP contribution in [-0.4, -0.2) is 29.2 Å². The van der Waals surface area contributed by atoms with Crippen molar-refractivity contribution in [3.8, 4) is 0 Å². The Morgan fingerprint density at radius 2 is 2.31 bits per heavy atom. The van der Waals surface area contributed by atoms with E-state index in [9.17, 15) is 4.79 Å². The van der Waals surface area contributed by atoms with E-state index in [0.29, 0.717) is 0 Å². The van der Waals surface area contributed by atoms with E-state index in [1.165, 1.54) is 0 Å². The van der Waals surface area contributed by atoms with Gasteiger partial charge >= 0.3 is 0 Å². The molecule has 1 aliphatic heterocycles. The van der Waals surface area contributed by atoms with Crippen LogP contribution in [0.4, 0.5) is 0 Å². The van der Waals surface area contributed by atoms with E-state index >= 15 is 0 Å². The Morgan fingerprint density at radius 3 is 2.77 bits per heavy atom. The number of amides is 1. The summed E-state index contributed by atoms with van der Waals surface area (Å²) >= 11 is 1.72. The first-order chi connectivity index (χ1) is 5.99. The number of hydrogen-bond donors (Lipinski definition) is 2. The Balaban J connectivity index is 2.25. The fraction of sp³-hybridized carbons (Fsp3) is 0.875. The zero-order valence-electron chi connectivity index (χ0n) is 8.22. The smallest absolute Gasteiger partial charge is 0.261 e. The van der Waals surface area contributed by atoms with E-state index in [4.69, 9.17) is 4.84 Å². The first-order valence-electron chi connectivity index (χ1n) is 4.28. The molecule has 0 saturated carbocycles. The van der Waals surface area contributed by atoms with E-state index in [-0.39, 0.29) is 17.6 Å². The van der Waals surface area contributed by atoms with Crippen molar-refractivity contribution in [3.63, 3.8) is 0 Å². The highest BCUT2D eigenvalue weighted by molar-refractivity contribution is 7.99. The predicted molar refractivity (Wildman–Crippen MR) is 53.2 cm³/mol. The van der Waals surface area contributed by atoms with Crippen molar-refractivity contribution in [3.05, 3.63) is 0 Å². The molecular formula is C8H16N2O2S. The summed E-state index contributed by atoms with van der Waals surface area (Å²) in [5, 5.41) is 3.06. The highest BCUT2D eigenvalue weighted by atomic mass is 32.2. The summed E-state index contributed by atoms with van der Waals surface area (Å²) in [5.74, 6) is 1.58. The van der Waals surface area contributed by atoms with Crippen LogP contribution < -0.4 is 10.8 Å². The summed E-state index contributed by atoms with van der Waals surface area (Å²) in [6, 6.07) is -0.104. The van der Waals surface area contributed by atoms with Crippen LogP contribution in [0.5, 0.6) is 0 Å². The molecule has 1 heterocycles. The normalized spacial score (nSPS) is 23.2. The van der Waals surface area contributed by atoms with Crippen molar-refractivity contribution in [1.29, 1.82) is 0 Å². The number of nitrogens with one attached hydrogen (secondary N) is 2. The van der Waals surface area contributed by atoms with Crippen molar-refractivity contribution in [1.82, 2.24) is 10.8 Å². The van der Waals surface area contributed by atoms with E-state index in [1.54, 1.807) is 11.8 Å². The van der Waals surface area contributed by atoms with Gasteiger partial charge in [0.25, 0.3) is 5.91 Å². The lowest BCUT2D eigenvalue weighted by atomic mass is 10.2. The van der Waals surface area contributed by atoms with Crippen LogP contribution in [0.25, 0.3) is 0 Å². The minimum atomic E-state index is -0.332. The summed E-state index contributed by atoms with van der Waals surface area (Å²) in [6.45, 7) is 5.68. The molecule has 0 spiro atoms. The zero-order valence-corrected chi connectivity index (χ0v) is 9.03. The summed E-state index contributed by atoms with van der Waals surface area (Å²) in [4.78, 5) is 16.5. The molecule has 1 amide bonds. The number of hydroxylamine groups is 1. The molecule has 5 heteroatoms. The number of carbonyl (C=O) groups is 1. The monoisotopic (exact) mass is 204 g/mol. The molecule has 1 unspecified atom stereocenters. The SMILES string of the molecule is CC(C)(C)ONC(=O)C1CSCN1. The van der Waals surface area contributed by atoms with Gasteiger partial charge in [-0.1, -0.05) is 0 Å². The molecule has 1 fully saturated rings. The predicted octanol–water partition coefficient (Wildman–Crippen LogP) is 0.495. The lowest BCUT2D eigenvalue weighted by Gasteiger charge is -2.20. The number of carbonyl (C=O) groups excluding carboxylic acids is 1. The fourth-order valence-corrected chi connectivity index (χ4v) is 1.78. The topological polar surface area (TPSA) is 50.4 Å². The van der Waals surface area contributed by atoms with Crippen molar-refractivity contribution in [2.45, 2.75) is 32.4 Å². The third-order valence-corrected chi connectivity index (χ3v) is 2.43. The standard InChI is InChI=1S/C8H16N2O2S/c1-8(2,3)12-10-7(11)6-4-13-5-9-6/h6,9H,4-5H2,1-3H3,(H,10,11). The second-order valence-corrected chi connectivity index (χ2v) is 4.98. The second kappa shape index (κ2) is 4.30. The molecule has 1 aliphatic rings. The van der Waals surface area contributed by atoms with Crippen LogP contribution >= 0.6 is 11.8 Å². The number of thioether (sulfide) groups is 1. The molecule has 0 radical (unpaired) electrons. The van der Waals surface area contributed by atoms with Crippen LogP contribution in [0.1, 0.15) is 20.8 Å². The van der Waals surface area contributed by atoms with Gasteiger partial charge in [-0.3, -0.25) is 14.9 Å². The van der Waals surface area contributed by atoms with Gasteiger partial charge in [-0.2, -0.15) is 0 Å². The zero-order chi connectivity index (χ0) is 9.90. The van der Waals surface area contributed by atoms with Gasteiger partial charge in [-0.25, -0.2) is 5.48 Å². The van der Waals surface area contributed by atoms with Crippen molar-refractivity contribution < 1.29 is 9.63 Å². The fourth-order valence-electron chi connectivity index (χ4n) is 0.838. The Bertz CT molecular complexity index is 185. The van der Waals surface area contributed by atoms with Gasteiger partial charge in [0.05, 0.1) is 11.6 Å². The molecule has 0 aromatic rings. The van der Waals surface area contributed by atoms with Crippen LogP contribution in [0.15, 0.2) is 0 Å². The van der Waals surface area contributed by atoms with E-state index in [2.05, 4.69) is 10.8 Å². The average Bonchev–Trinajstić information content (AvgIpc) is 2.50. The maximum Gasteiger partial charge on any atom is 0.261 e. The quantitative estimate of drug-likeness (QED) is 0.643. The molecule has 0 aliphatic carbocycles. The average molecular weight is 204 g/mol. The Morgan fingerprint density at radius 1 is 1.62 bits per heavy atom. The maximum atomic E-state index is 11.4. The Kier molecular flexibility index (Phi) is 3.58. The molecule has 1 rings (SSSR count). The summed E-state index contributed by atoms with van der Waals surface area (Å²) in [7, 11) is 0. The minimum absolute atomic E-state index is 0.0834. The molecule has 1 saturated heterocycles. The minimum Gasteiger partial charge on any atom is -0.296 e. The van der Waals surface area contributed by atoms with Gasteiger partial charge < -0.3 is 0 Å². The number of hydrogen-bond acceptors (Lipinski definition) is 4. The molecule has 0 bridgehead atoms. The van der Waals surface area contributed by atoms with Crippen molar-refractivity contribution in [2.24, 2.45) is 0 Å². The highest BCUT2D eigenvalue weighted by Gasteiger charge is 2.23. The molecule has 4 nitrogen and oxygen atoms in total. The van der Waals surface area contributed by atoms with Gasteiger partial charge in [0.15, 0.2) is 0 Å². The first-order valence-corrected chi connectivity index (χ1v) is 5.43.